The molecule has 0 radical (unpaired) electrons. The number of fused-ring (bicyclic) bond motifs is 2. The molecule has 2 amide bonds. The second kappa shape index (κ2) is 8.06. The number of carbonyl (C=O) groups excluding carboxylic acids is 1. The number of sulfone groups is 1. The largest absolute Gasteiger partial charge is 0.497 e. The minimum atomic E-state index is -3.37. The van der Waals surface area contributed by atoms with Crippen LogP contribution in [0.15, 0.2) is 59.5 Å². The van der Waals surface area contributed by atoms with Gasteiger partial charge in [0.2, 0.25) is 0 Å². The third-order valence-corrected chi connectivity index (χ3v) is 8.23. The summed E-state index contributed by atoms with van der Waals surface area (Å²) in [6.07, 6.45) is 2.73. The molecule has 0 saturated carbocycles. The lowest BCUT2D eigenvalue weighted by Crippen LogP contribution is -2.52. The van der Waals surface area contributed by atoms with Crippen LogP contribution in [0.3, 0.4) is 0 Å². The molecule has 7 heteroatoms. The Balaban J connectivity index is 1.40. The number of amides is 2. The first-order valence-corrected chi connectivity index (χ1v) is 11.5. The van der Waals surface area contributed by atoms with Crippen LogP contribution in [-0.2, 0) is 16.4 Å². The summed E-state index contributed by atoms with van der Waals surface area (Å²) in [6.45, 7) is 0.435. The molecule has 29 heavy (non-hydrogen) atoms. The molecule has 2 aromatic carbocycles. The number of nitrogens with zero attached hydrogens (tertiary/aromatic N) is 1. The summed E-state index contributed by atoms with van der Waals surface area (Å²) in [4.78, 5) is 15.1. The van der Waals surface area contributed by atoms with Gasteiger partial charge in [-0.3, -0.25) is 0 Å². The van der Waals surface area contributed by atoms with E-state index >= 15 is 0 Å². The average molecular weight is 415 g/mol. The smallest absolute Gasteiger partial charge is 0.318 e. The Labute approximate surface area is 171 Å². The number of benzene rings is 2. The predicted molar refractivity (Wildman–Crippen MR) is 111 cm³/mol. The fraction of sp³-hybridized carbons (Fsp3) is 0.409. The van der Waals surface area contributed by atoms with Gasteiger partial charge in [-0.15, -0.1) is 0 Å². The molecule has 0 spiro atoms. The highest BCUT2D eigenvalue weighted by atomic mass is 32.2. The normalized spacial score (nSPS) is 23.6. The van der Waals surface area contributed by atoms with Gasteiger partial charge in [-0.25, -0.2) is 13.2 Å². The lowest BCUT2D eigenvalue weighted by Gasteiger charge is -2.38. The number of hydrogen-bond acceptors (Lipinski definition) is 4. The van der Waals surface area contributed by atoms with Gasteiger partial charge in [-0.05, 0) is 55.5 Å². The molecular weight excluding hydrogens is 388 g/mol. The van der Waals surface area contributed by atoms with Crippen molar-refractivity contribution in [3.63, 3.8) is 0 Å². The average Bonchev–Trinajstić information content (AvgIpc) is 3.02. The van der Waals surface area contributed by atoms with Gasteiger partial charge in [-0.1, -0.05) is 30.3 Å². The van der Waals surface area contributed by atoms with E-state index < -0.39 is 15.1 Å². The molecule has 6 nitrogen and oxygen atoms in total. The Morgan fingerprint density at radius 2 is 1.66 bits per heavy atom. The number of urea groups is 1. The van der Waals surface area contributed by atoms with E-state index in [1.54, 1.807) is 31.4 Å². The van der Waals surface area contributed by atoms with Crippen molar-refractivity contribution in [3.05, 3.63) is 60.2 Å². The summed E-state index contributed by atoms with van der Waals surface area (Å²) in [7, 11) is -1.75. The van der Waals surface area contributed by atoms with Crippen LogP contribution in [0.1, 0.15) is 31.2 Å². The highest BCUT2D eigenvalue weighted by molar-refractivity contribution is 7.92. The molecule has 154 valence electrons. The molecule has 2 fully saturated rings. The summed E-state index contributed by atoms with van der Waals surface area (Å²) in [5.41, 5.74) is 0.994. The fourth-order valence-corrected chi connectivity index (χ4v) is 6.40. The molecule has 2 unspecified atom stereocenters. The maximum absolute atomic E-state index is 13.0. The first-order chi connectivity index (χ1) is 14.0. The lowest BCUT2D eigenvalue weighted by atomic mass is 10.0. The van der Waals surface area contributed by atoms with E-state index in [4.69, 9.17) is 4.74 Å². The third kappa shape index (κ3) is 3.96. The summed E-state index contributed by atoms with van der Waals surface area (Å²) in [6, 6.07) is 16.1. The zero-order valence-corrected chi connectivity index (χ0v) is 17.3. The predicted octanol–water partition coefficient (Wildman–Crippen LogP) is 3.37. The first-order valence-electron chi connectivity index (χ1n) is 9.97. The van der Waals surface area contributed by atoms with E-state index in [0.717, 1.165) is 24.2 Å². The topological polar surface area (TPSA) is 75.7 Å². The molecule has 2 aliphatic heterocycles. The van der Waals surface area contributed by atoms with Crippen molar-refractivity contribution in [3.8, 4) is 5.75 Å². The number of nitrogens with one attached hydrogen (secondary N) is 1. The minimum Gasteiger partial charge on any atom is -0.497 e. The van der Waals surface area contributed by atoms with Gasteiger partial charge in [0.15, 0.2) is 9.84 Å². The summed E-state index contributed by atoms with van der Waals surface area (Å²) >= 11 is 0. The minimum absolute atomic E-state index is 0.0203. The van der Waals surface area contributed by atoms with Crippen LogP contribution in [0.5, 0.6) is 5.75 Å². The molecule has 2 heterocycles. The second-order valence-electron chi connectivity index (χ2n) is 7.75. The van der Waals surface area contributed by atoms with Crippen molar-refractivity contribution < 1.29 is 17.9 Å². The van der Waals surface area contributed by atoms with Crippen LogP contribution in [0.4, 0.5) is 4.79 Å². The monoisotopic (exact) mass is 414 g/mol. The molecular formula is C22H26N2O4S. The van der Waals surface area contributed by atoms with Crippen molar-refractivity contribution in [2.24, 2.45) is 0 Å². The van der Waals surface area contributed by atoms with E-state index in [-0.39, 0.29) is 18.1 Å². The Morgan fingerprint density at radius 3 is 2.24 bits per heavy atom. The molecule has 1 N–H and O–H groups in total. The summed E-state index contributed by atoms with van der Waals surface area (Å²) < 4.78 is 31.2. The number of hydrogen-bond donors (Lipinski definition) is 1. The van der Waals surface area contributed by atoms with Gasteiger partial charge < -0.3 is 15.0 Å². The molecule has 0 aromatic heterocycles. The maximum atomic E-state index is 13.0. The van der Waals surface area contributed by atoms with Crippen molar-refractivity contribution in [1.82, 2.24) is 10.2 Å². The Kier molecular flexibility index (Phi) is 5.50. The number of carbonyl (C=O) groups is 1. The van der Waals surface area contributed by atoms with Crippen molar-refractivity contribution in [2.45, 2.75) is 54.5 Å². The highest BCUT2D eigenvalue weighted by Gasteiger charge is 2.47. The van der Waals surface area contributed by atoms with Crippen LogP contribution in [0.25, 0.3) is 0 Å². The SMILES string of the molecule is COc1ccc(CNC(=O)N2C3CCC2CC(S(=O)(=O)c2ccccc2)C3)cc1. The summed E-state index contributed by atoms with van der Waals surface area (Å²) in [5.74, 6) is 0.778. The van der Waals surface area contributed by atoms with Crippen molar-refractivity contribution in [1.29, 1.82) is 0 Å². The number of rotatable bonds is 5. The Bertz CT molecular complexity index is 946. The van der Waals surface area contributed by atoms with Gasteiger partial charge in [0.05, 0.1) is 17.3 Å². The van der Waals surface area contributed by atoms with Crippen LogP contribution in [0.2, 0.25) is 0 Å². The summed E-state index contributed by atoms with van der Waals surface area (Å²) in [5, 5.41) is 2.57. The molecule has 2 bridgehead atoms. The van der Waals surface area contributed by atoms with E-state index in [2.05, 4.69) is 5.32 Å². The van der Waals surface area contributed by atoms with Crippen LogP contribution < -0.4 is 10.1 Å². The zero-order valence-electron chi connectivity index (χ0n) is 16.5. The van der Waals surface area contributed by atoms with Gasteiger partial charge in [0.25, 0.3) is 0 Å². The number of piperidine rings is 1. The van der Waals surface area contributed by atoms with Gasteiger partial charge >= 0.3 is 6.03 Å². The van der Waals surface area contributed by atoms with Crippen molar-refractivity contribution >= 4 is 15.9 Å². The van der Waals surface area contributed by atoms with E-state index in [1.165, 1.54) is 0 Å². The van der Waals surface area contributed by atoms with E-state index in [0.29, 0.717) is 24.3 Å². The molecule has 2 aliphatic rings. The van der Waals surface area contributed by atoms with Gasteiger partial charge in [0, 0.05) is 18.6 Å². The first kappa shape index (κ1) is 19.8. The molecule has 4 rings (SSSR count). The van der Waals surface area contributed by atoms with Crippen LogP contribution in [-0.4, -0.2) is 43.8 Å². The molecule has 2 atom stereocenters. The Morgan fingerprint density at radius 1 is 1.03 bits per heavy atom. The van der Waals surface area contributed by atoms with E-state index in [1.807, 2.05) is 35.2 Å². The van der Waals surface area contributed by atoms with Crippen LogP contribution >= 0.6 is 0 Å². The van der Waals surface area contributed by atoms with Crippen molar-refractivity contribution in [2.75, 3.05) is 7.11 Å². The fourth-order valence-electron chi connectivity index (χ4n) is 4.53. The lowest BCUT2D eigenvalue weighted by molar-refractivity contribution is 0.147. The molecule has 2 saturated heterocycles. The number of ether oxygens (including phenoxy) is 1. The maximum Gasteiger partial charge on any atom is 0.318 e. The second-order valence-corrected chi connectivity index (χ2v) is 9.98. The molecule has 0 aliphatic carbocycles. The highest BCUT2D eigenvalue weighted by Crippen LogP contribution is 2.39. The van der Waals surface area contributed by atoms with Gasteiger partial charge in [-0.2, -0.15) is 0 Å². The number of methoxy groups -OCH3 is 1. The zero-order chi connectivity index (χ0) is 20.4. The Hall–Kier alpha value is -2.54. The molecule has 2 aromatic rings. The van der Waals surface area contributed by atoms with Gasteiger partial charge in [0.1, 0.15) is 5.75 Å². The van der Waals surface area contributed by atoms with Crippen LogP contribution in [0, 0.1) is 0 Å². The third-order valence-electron chi connectivity index (χ3n) is 6.04. The standard InChI is InChI=1S/C22H26N2O4S/c1-28-19-11-7-16(8-12-19)15-23-22(25)24-17-9-10-18(24)14-21(13-17)29(26,27)20-5-3-2-4-6-20/h2-8,11-12,17-18,21H,9-10,13-15H2,1H3,(H,23,25). The van der Waals surface area contributed by atoms with E-state index in [9.17, 15) is 13.2 Å². The quantitative estimate of drug-likeness (QED) is 0.814.